The summed E-state index contributed by atoms with van der Waals surface area (Å²) in [5.74, 6) is -4.22. The van der Waals surface area contributed by atoms with E-state index in [2.05, 4.69) is 10.1 Å². The van der Waals surface area contributed by atoms with E-state index >= 15 is 0 Å². The summed E-state index contributed by atoms with van der Waals surface area (Å²) < 4.78 is 53.6. The Morgan fingerprint density at radius 1 is 1.15 bits per heavy atom. The van der Waals surface area contributed by atoms with Gasteiger partial charge in [-0.3, -0.25) is 9.67 Å². The number of thioether (sulfide) groups is 1. The minimum Gasteiger partial charge on any atom is -0.394 e. The summed E-state index contributed by atoms with van der Waals surface area (Å²) in [6.07, 6.45) is 2.93. The van der Waals surface area contributed by atoms with Crippen LogP contribution in [0.3, 0.4) is 0 Å². The molecule has 3 heterocycles. The Balaban J connectivity index is 1.67. The molecular formula is C21H19ClF3N3O4S. The van der Waals surface area contributed by atoms with Crippen molar-refractivity contribution in [2.24, 2.45) is 0 Å². The highest BCUT2D eigenvalue weighted by atomic mass is 35.5. The molecule has 0 aliphatic carbocycles. The molecular weight excluding hydrogens is 483 g/mol. The molecule has 1 saturated heterocycles. The zero-order valence-electron chi connectivity index (χ0n) is 17.1. The van der Waals surface area contributed by atoms with Crippen molar-refractivity contribution in [3.63, 3.8) is 0 Å². The number of hydrogen-bond acceptors (Lipinski definition) is 7. The highest BCUT2D eigenvalue weighted by molar-refractivity contribution is 7.99. The zero-order valence-corrected chi connectivity index (χ0v) is 18.7. The van der Waals surface area contributed by atoms with Crippen molar-refractivity contribution in [3.05, 3.63) is 65.5 Å². The van der Waals surface area contributed by atoms with Gasteiger partial charge in [0.1, 0.15) is 29.8 Å². The summed E-state index contributed by atoms with van der Waals surface area (Å²) in [7, 11) is 1.44. The monoisotopic (exact) mass is 501 g/mol. The third-order valence-corrected chi connectivity index (χ3v) is 6.57. The molecule has 3 aromatic rings. The van der Waals surface area contributed by atoms with Gasteiger partial charge < -0.3 is 19.7 Å². The Kier molecular flexibility index (Phi) is 7.27. The van der Waals surface area contributed by atoms with Crippen LogP contribution < -0.4 is 0 Å². The quantitative estimate of drug-likeness (QED) is 0.500. The summed E-state index contributed by atoms with van der Waals surface area (Å²) >= 11 is 7.25. The van der Waals surface area contributed by atoms with Crippen LogP contribution in [-0.4, -0.2) is 62.4 Å². The van der Waals surface area contributed by atoms with Gasteiger partial charge in [-0.05, 0) is 23.8 Å². The van der Waals surface area contributed by atoms with E-state index in [0.29, 0.717) is 15.5 Å². The van der Waals surface area contributed by atoms with Crippen LogP contribution in [0.15, 0.2) is 47.9 Å². The summed E-state index contributed by atoms with van der Waals surface area (Å²) in [4.78, 5) is 4.72. The van der Waals surface area contributed by atoms with Gasteiger partial charge in [0.15, 0.2) is 17.5 Å². The number of aliphatic hydroxyl groups is 2. The summed E-state index contributed by atoms with van der Waals surface area (Å²) in [6, 6.07) is 2.58. The predicted molar refractivity (Wildman–Crippen MR) is 114 cm³/mol. The normalized spacial score (nSPS) is 25.4. The van der Waals surface area contributed by atoms with Gasteiger partial charge in [0, 0.05) is 36.2 Å². The molecule has 4 rings (SSSR count). The van der Waals surface area contributed by atoms with E-state index in [9.17, 15) is 23.4 Å². The maximum atomic E-state index is 13.7. The maximum Gasteiger partial charge on any atom is 0.194 e. The second kappa shape index (κ2) is 10.00. The van der Waals surface area contributed by atoms with Gasteiger partial charge in [0.05, 0.1) is 17.8 Å². The molecule has 0 saturated carbocycles. The Morgan fingerprint density at radius 2 is 1.88 bits per heavy atom. The van der Waals surface area contributed by atoms with E-state index in [1.807, 2.05) is 0 Å². The summed E-state index contributed by atoms with van der Waals surface area (Å²) in [5, 5.41) is 25.3. The Labute approximate surface area is 196 Å². The summed E-state index contributed by atoms with van der Waals surface area (Å²) in [6.45, 7) is -0.471. The number of methoxy groups -OCH3 is 1. The van der Waals surface area contributed by atoms with Crippen molar-refractivity contribution in [3.8, 4) is 11.1 Å². The molecule has 1 fully saturated rings. The first-order valence-electron chi connectivity index (χ1n) is 9.75. The molecule has 2 aromatic heterocycles. The van der Waals surface area contributed by atoms with Crippen molar-refractivity contribution in [1.29, 1.82) is 0 Å². The number of aliphatic hydroxyl groups excluding tert-OH is 2. The fourth-order valence-corrected chi connectivity index (χ4v) is 5.10. The van der Waals surface area contributed by atoms with Gasteiger partial charge in [-0.2, -0.15) is 5.10 Å². The molecule has 12 heteroatoms. The largest absolute Gasteiger partial charge is 0.394 e. The van der Waals surface area contributed by atoms with Crippen LogP contribution in [0, 0.1) is 17.5 Å². The van der Waals surface area contributed by atoms with Crippen LogP contribution in [0.4, 0.5) is 13.2 Å². The van der Waals surface area contributed by atoms with Gasteiger partial charge in [-0.1, -0.05) is 23.4 Å². The average Bonchev–Trinajstić information content (AvgIpc) is 3.27. The lowest BCUT2D eigenvalue weighted by molar-refractivity contribution is -0.186. The van der Waals surface area contributed by atoms with Gasteiger partial charge >= 0.3 is 0 Å². The molecule has 0 spiro atoms. The predicted octanol–water partition coefficient (Wildman–Crippen LogP) is 3.44. The van der Waals surface area contributed by atoms with Gasteiger partial charge in [-0.25, -0.2) is 13.2 Å². The topological polar surface area (TPSA) is 89.6 Å². The average molecular weight is 502 g/mol. The lowest BCUT2D eigenvalue weighted by Crippen LogP contribution is -2.55. The second-order valence-corrected chi connectivity index (χ2v) is 8.93. The van der Waals surface area contributed by atoms with Crippen molar-refractivity contribution < 1.29 is 32.9 Å². The molecule has 5 atom stereocenters. The molecule has 1 aliphatic heterocycles. The molecule has 2 N–H and O–H groups in total. The minimum atomic E-state index is -1.56. The van der Waals surface area contributed by atoms with E-state index in [-0.39, 0.29) is 5.56 Å². The van der Waals surface area contributed by atoms with Crippen LogP contribution >= 0.6 is 23.4 Å². The number of ether oxygens (including phenoxy) is 2. The van der Waals surface area contributed by atoms with Gasteiger partial charge in [0.25, 0.3) is 0 Å². The molecule has 0 bridgehead atoms. The highest BCUT2D eigenvalue weighted by Crippen LogP contribution is 2.40. The third-order valence-electron chi connectivity index (χ3n) is 5.25. The fraction of sp³-hybridized carbons (Fsp3) is 0.333. The SMILES string of the molecule is COC1[C@@H](Sc2cncc(Cl)c2)OC(CO)[C@H](O)[C@@H]1n1cc(-c2cc(F)c(F)c(F)c2)cn1. The number of benzene rings is 1. The Bertz CT molecular complexity index is 1110. The maximum absolute atomic E-state index is 13.7. The van der Waals surface area contributed by atoms with Gasteiger partial charge in [-0.15, -0.1) is 0 Å². The van der Waals surface area contributed by atoms with Crippen molar-refractivity contribution >= 4 is 23.4 Å². The first kappa shape index (κ1) is 24.0. The Hall–Kier alpha value is -2.15. The molecule has 33 heavy (non-hydrogen) atoms. The van der Waals surface area contributed by atoms with E-state index < -0.39 is 53.8 Å². The molecule has 1 aliphatic rings. The van der Waals surface area contributed by atoms with Crippen molar-refractivity contribution in [1.82, 2.24) is 14.8 Å². The van der Waals surface area contributed by atoms with Crippen LogP contribution in [0.25, 0.3) is 11.1 Å². The first-order valence-corrected chi connectivity index (χ1v) is 11.0. The van der Waals surface area contributed by atoms with Gasteiger partial charge in [0.2, 0.25) is 0 Å². The standard InChI is InChI=1S/C21H19ClF3N3O4S/c1-31-20-18(28-8-11(5-27-28)10-2-14(23)17(25)15(24)3-10)19(30)16(9-29)32-21(20)33-13-4-12(22)6-26-7-13/h2-8,16,18-21,29-30H,9H2,1H3/t16?,18-,19-,20?,21+/m0/s1. The number of aromatic nitrogens is 3. The third kappa shape index (κ3) is 4.88. The van der Waals surface area contributed by atoms with E-state index in [1.54, 1.807) is 12.3 Å². The molecule has 2 unspecified atom stereocenters. The van der Waals surface area contributed by atoms with Crippen LogP contribution in [0.5, 0.6) is 0 Å². The molecule has 0 amide bonds. The summed E-state index contributed by atoms with van der Waals surface area (Å²) in [5.41, 5.74) is -0.317. The number of halogens is 4. The van der Waals surface area contributed by atoms with Crippen molar-refractivity contribution in [2.75, 3.05) is 13.7 Å². The van der Waals surface area contributed by atoms with E-state index in [1.165, 1.54) is 42.1 Å². The van der Waals surface area contributed by atoms with Crippen LogP contribution in [0.1, 0.15) is 6.04 Å². The molecule has 1 aromatic carbocycles. The molecule has 0 radical (unpaired) electrons. The Morgan fingerprint density at radius 3 is 2.52 bits per heavy atom. The lowest BCUT2D eigenvalue weighted by Gasteiger charge is -2.43. The first-order chi connectivity index (χ1) is 15.8. The van der Waals surface area contributed by atoms with E-state index in [4.69, 9.17) is 21.1 Å². The number of nitrogens with zero attached hydrogens (tertiary/aromatic N) is 3. The highest BCUT2D eigenvalue weighted by Gasteiger charge is 2.47. The second-order valence-electron chi connectivity index (χ2n) is 7.33. The number of pyridine rings is 1. The molecule has 176 valence electrons. The minimum absolute atomic E-state index is 0.0720. The number of hydrogen-bond donors (Lipinski definition) is 2. The zero-order chi connectivity index (χ0) is 23.7. The fourth-order valence-electron chi connectivity index (χ4n) is 3.67. The smallest absolute Gasteiger partial charge is 0.194 e. The van der Waals surface area contributed by atoms with E-state index in [0.717, 1.165) is 12.1 Å². The lowest BCUT2D eigenvalue weighted by atomic mass is 9.97. The van der Waals surface area contributed by atoms with Crippen LogP contribution in [0.2, 0.25) is 5.02 Å². The van der Waals surface area contributed by atoms with Crippen LogP contribution in [-0.2, 0) is 9.47 Å². The van der Waals surface area contributed by atoms with Crippen molar-refractivity contribution in [2.45, 2.75) is 34.7 Å². The molecule has 7 nitrogen and oxygen atoms in total. The number of rotatable bonds is 6.